The van der Waals surface area contributed by atoms with E-state index in [1.54, 1.807) is 0 Å². The van der Waals surface area contributed by atoms with E-state index in [1.165, 1.54) is 22.3 Å². The van der Waals surface area contributed by atoms with Crippen LogP contribution in [0.2, 0.25) is 0 Å². The van der Waals surface area contributed by atoms with Crippen LogP contribution in [0.3, 0.4) is 0 Å². The van der Waals surface area contributed by atoms with E-state index in [4.69, 9.17) is 0 Å². The van der Waals surface area contributed by atoms with E-state index in [1.807, 2.05) is 0 Å². The standard InChI is InChI=1S/C14H12Br2S2/c15-13-3-1-9(7-17)5-11(13)12-6-10(8-18)2-4-14(12)16/h1-6,17-18H,7-8H2. The van der Waals surface area contributed by atoms with Crippen LogP contribution in [0.5, 0.6) is 0 Å². The quantitative estimate of drug-likeness (QED) is 0.600. The van der Waals surface area contributed by atoms with Crippen LogP contribution in [-0.2, 0) is 11.5 Å². The smallest absolute Gasteiger partial charge is 0.0254 e. The summed E-state index contributed by atoms with van der Waals surface area (Å²) >= 11 is 15.9. The van der Waals surface area contributed by atoms with Crippen LogP contribution >= 0.6 is 57.1 Å². The molecular weight excluding hydrogens is 392 g/mol. The number of hydrogen-bond donors (Lipinski definition) is 2. The highest BCUT2D eigenvalue weighted by atomic mass is 79.9. The van der Waals surface area contributed by atoms with Crippen LogP contribution in [-0.4, -0.2) is 0 Å². The summed E-state index contributed by atoms with van der Waals surface area (Å²) < 4.78 is 2.18. The molecule has 0 fully saturated rings. The van der Waals surface area contributed by atoms with Gasteiger partial charge in [-0.25, -0.2) is 0 Å². The maximum Gasteiger partial charge on any atom is 0.0254 e. The van der Waals surface area contributed by atoms with Crippen LogP contribution in [0.1, 0.15) is 11.1 Å². The van der Waals surface area contributed by atoms with Crippen molar-refractivity contribution in [3.63, 3.8) is 0 Å². The summed E-state index contributed by atoms with van der Waals surface area (Å²) in [5, 5.41) is 0. The number of thiol groups is 2. The Labute approximate surface area is 135 Å². The van der Waals surface area contributed by atoms with Crippen molar-refractivity contribution in [2.24, 2.45) is 0 Å². The second kappa shape index (κ2) is 6.51. The summed E-state index contributed by atoms with van der Waals surface area (Å²) in [6.45, 7) is 0. The Morgan fingerprint density at radius 2 is 1.11 bits per heavy atom. The van der Waals surface area contributed by atoms with E-state index in [-0.39, 0.29) is 0 Å². The van der Waals surface area contributed by atoms with E-state index in [0.717, 1.165) is 20.5 Å². The number of hydrogen-bond acceptors (Lipinski definition) is 2. The molecule has 0 aromatic heterocycles. The van der Waals surface area contributed by atoms with Gasteiger partial charge in [0.1, 0.15) is 0 Å². The largest absolute Gasteiger partial charge is 0.175 e. The van der Waals surface area contributed by atoms with E-state index in [0.29, 0.717) is 0 Å². The maximum atomic E-state index is 4.33. The van der Waals surface area contributed by atoms with Crippen LogP contribution < -0.4 is 0 Å². The molecule has 2 aromatic carbocycles. The predicted octanol–water partition coefficient (Wildman–Crippen LogP) is 5.74. The maximum absolute atomic E-state index is 4.33. The fourth-order valence-electron chi connectivity index (χ4n) is 1.75. The SMILES string of the molecule is SCc1ccc(Br)c(-c2cc(CS)ccc2Br)c1. The molecule has 0 unspecified atom stereocenters. The Hall–Kier alpha value is 0.1000. The third-order valence-electron chi connectivity index (χ3n) is 2.72. The highest BCUT2D eigenvalue weighted by Crippen LogP contribution is 2.35. The summed E-state index contributed by atoms with van der Waals surface area (Å²) in [5.74, 6) is 1.48. The highest BCUT2D eigenvalue weighted by molar-refractivity contribution is 9.11. The van der Waals surface area contributed by atoms with Gasteiger partial charge < -0.3 is 0 Å². The van der Waals surface area contributed by atoms with Crippen LogP contribution in [0.4, 0.5) is 0 Å². The fraction of sp³-hybridized carbons (Fsp3) is 0.143. The second-order valence-corrected chi connectivity index (χ2v) is 6.29. The van der Waals surface area contributed by atoms with Crippen molar-refractivity contribution in [2.75, 3.05) is 0 Å². The lowest BCUT2D eigenvalue weighted by molar-refractivity contribution is 1.38. The Kier molecular flexibility index (Phi) is 5.24. The zero-order valence-electron chi connectivity index (χ0n) is 9.53. The first-order valence-electron chi connectivity index (χ1n) is 5.44. The van der Waals surface area contributed by atoms with Crippen LogP contribution in [0.25, 0.3) is 11.1 Å². The molecule has 0 bridgehead atoms. The molecule has 0 nitrogen and oxygen atoms in total. The Morgan fingerprint density at radius 1 is 0.722 bits per heavy atom. The van der Waals surface area contributed by atoms with Gasteiger partial charge in [-0.3, -0.25) is 0 Å². The topological polar surface area (TPSA) is 0 Å². The number of benzene rings is 2. The lowest BCUT2D eigenvalue weighted by atomic mass is 10.0. The van der Waals surface area contributed by atoms with E-state index >= 15 is 0 Å². The number of rotatable bonds is 3. The third kappa shape index (κ3) is 3.16. The molecule has 0 saturated carbocycles. The molecule has 0 amide bonds. The van der Waals surface area contributed by atoms with Gasteiger partial charge in [-0.05, 0) is 46.5 Å². The fourth-order valence-corrected chi connectivity index (χ4v) is 3.07. The third-order valence-corrected chi connectivity index (χ3v) is 4.83. The van der Waals surface area contributed by atoms with Gasteiger partial charge in [0, 0.05) is 20.5 Å². The summed E-state index contributed by atoms with van der Waals surface area (Å²) in [7, 11) is 0. The average molecular weight is 404 g/mol. The Bertz CT molecular complexity index is 516. The molecule has 0 N–H and O–H groups in total. The molecule has 0 heterocycles. The molecule has 0 aliphatic carbocycles. The van der Waals surface area contributed by atoms with E-state index < -0.39 is 0 Å². The molecule has 0 atom stereocenters. The van der Waals surface area contributed by atoms with Crippen molar-refractivity contribution in [3.05, 3.63) is 56.5 Å². The zero-order chi connectivity index (χ0) is 13.1. The summed E-state index contributed by atoms with van der Waals surface area (Å²) in [6, 6.07) is 12.6. The van der Waals surface area contributed by atoms with Crippen LogP contribution in [0, 0.1) is 0 Å². The Balaban J connectivity index is 2.60. The minimum Gasteiger partial charge on any atom is -0.175 e. The molecule has 0 spiro atoms. The lowest BCUT2D eigenvalue weighted by Gasteiger charge is -2.10. The monoisotopic (exact) mass is 402 g/mol. The molecule has 0 aliphatic heterocycles. The lowest BCUT2D eigenvalue weighted by Crippen LogP contribution is -1.88. The van der Waals surface area contributed by atoms with Crippen molar-refractivity contribution in [1.29, 1.82) is 0 Å². The van der Waals surface area contributed by atoms with Gasteiger partial charge in [-0.1, -0.05) is 44.0 Å². The molecule has 4 heteroatoms. The van der Waals surface area contributed by atoms with Gasteiger partial charge in [0.2, 0.25) is 0 Å². The highest BCUT2D eigenvalue weighted by Gasteiger charge is 2.09. The van der Waals surface area contributed by atoms with Gasteiger partial charge in [0.25, 0.3) is 0 Å². The Morgan fingerprint density at radius 3 is 1.44 bits per heavy atom. The van der Waals surface area contributed by atoms with Gasteiger partial charge in [0.05, 0.1) is 0 Å². The van der Waals surface area contributed by atoms with Crippen molar-refractivity contribution in [1.82, 2.24) is 0 Å². The predicted molar refractivity (Wildman–Crippen MR) is 92.7 cm³/mol. The summed E-state index contributed by atoms with van der Waals surface area (Å²) in [4.78, 5) is 0. The zero-order valence-corrected chi connectivity index (χ0v) is 14.5. The van der Waals surface area contributed by atoms with Gasteiger partial charge >= 0.3 is 0 Å². The normalized spacial score (nSPS) is 10.7. The molecule has 2 aromatic rings. The first-order valence-corrected chi connectivity index (χ1v) is 8.29. The summed E-state index contributed by atoms with van der Waals surface area (Å²) in [6.07, 6.45) is 0. The van der Waals surface area contributed by atoms with Crippen molar-refractivity contribution < 1.29 is 0 Å². The molecule has 2 rings (SSSR count). The van der Waals surface area contributed by atoms with E-state index in [9.17, 15) is 0 Å². The average Bonchev–Trinajstić information content (AvgIpc) is 2.40. The van der Waals surface area contributed by atoms with Crippen molar-refractivity contribution in [3.8, 4) is 11.1 Å². The summed E-state index contributed by atoms with van der Waals surface area (Å²) in [5.41, 5.74) is 4.77. The minimum absolute atomic E-state index is 0.740. The first-order chi connectivity index (χ1) is 8.65. The molecule has 0 aliphatic rings. The molecule has 0 radical (unpaired) electrons. The van der Waals surface area contributed by atoms with Crippen molar-refractivity contribution in [2.45, 2.75) is 11.5 Å². The molecule has 0 saturated heterocycles. The molecule has 18 heavy (non-hydrogen) atoms. The molecule has 94 valence electrons. The number of halogens is 2. The van der Waals surface area contributed by atoms with Crippen LogP contribution in [0.15, 0.2) is 45.3 Å². The van der Waals surface area contributed by atoms with Crippen molar-refractivity contribution >= 4 is 57.1 Å². The van der Waals surface area contributed by atoms with Gasteiger partial charge in [0.15, 0.2) is 0 Å². The first kappa shape index (κ1) is 14.5. The second-order valence-electron chi connectivity index (χ2n) is 3.94. The minimum atomic E-state index is 0.740. The molecular formula is C14H12Br2S2. The van der Waals surface area contributed by atoms with Gasteiger partial charge in [-0.2, -0.15) is 25.3 Å². The van der Waals surface area contributed by atoms with Gasteiger partial charge in [-0.15, -0.1) is 0 Å². The van der Waals surface area contributed by atoms with E-state index in [2.05, 4.69) is 93.5 Å².